The second kappa shape index (κ2) is 11.0. The van der Waals surface area contributed by atoms with Crippen LogP contribution in [-0.4, -0.2) is 48.2 Å². The number of hydrogen-bond donors (Lipinski definition) is 2. The fraction of sp³-hybridized carbons (Fsp3) is 0.259. The molecule has 1 aliphatic rings. The molecule has 4 rings (SSSR count). The highest BCUT2D eigenvalue weighted by Gasteiger charge is 2.35. The molecule has 1 heterocycles. The van der Waals surface area contributed by atoms with E-state index in [4.69, 9.17) is 9.47 Å². The lowest BCUT2D eigenvalue weighted by atomic mass is 9.99. The Labute approximate surface area is 211 Å². The minimum absolute atomic E-state index is 0.0229. The average molecular weight is 515 g/mol. The number of halogens is 3. The maximum atomic E-state index is 12.9. The highest BCUT2D eigenvalue weighted by atomic mass is 19.4. The van der Waals surface area contributed by atoms with E-state index in [2.05, 4.69) is 5.32 Å². The predicted molar refractivity (Wildman–Crippen MR) is 129 cm³/mol. The van der Waals surface area contributed by atoms with Crippen molar-refractivity contribution in [1.82, 2.24) is 4.90 Å². The molecule has 7 nitrogen and oxygen atoms in total. The zero-order chi connectivity index (χ0) is 26.6. The molecule has 0 spiro atoms. The molecule has 2 atom stereocenters. The summed E-state index contributed by atoms with van der Waals surface area (Å²) in [5, 5.41) is 13.8. The highest BCUT2D eigenvalue weighted by Crippen LogP contribution is 2.31. The Kier molecular flexibility index (Phi) is 7.80. The van der Waals surface area contributed by atoms with Gasteiger partial charge in [0.1, 0.15) is 18.5 Å². The lowest BCUT2D eigenvalue weighted by molar-refractivity contribution is -0.155. The van der Waals surface area contributed by atoms with Gasteiger partial charge in [0, 0.05) is 12.2 Å². The average Bonchev–Trinajstić information content (AvgIpc) is 2.89. The summed E-state index contributed by atoms with van der Waals surface area (Å²) >= 11 is 0. The van der Waals surface area contributed by atoms with Crippen molar-refractivity contribution in [2.75, 3.05) is 25.6 Å². The van der Waals surface area contributed by atoms with Crippen LogP contribution in [0.3, 0.4) is 0 Å². The highest BCUT2D eigenvalue weighted by molar-refractivity contribution is 6.06. The second-order valence-corrected chi connectivity index (χ2v) is 8.52. The normalized spacial score (nSPS) is 16.8. The number of nitrogens with one attached hydrogen (secondary N) is 1. The number of aliphatic hydroxyl groups excluding tert-OH is 1. The molecule has 3 aromatic carbocycles. The van der Waals surface area contributed by atoms with Crippen molar-refractivity contribution in [3.8, 4) is 5.75 Å². The number of nitrogens with zero attached hydrogens (tertiary/aromatic N) is 1. The van der Waals surface area contributed by atoms with Crippen LogP contribution in [0.5, 0.6) is 5.75 Å². The van der Waals surface area contributed by atoms with Gasteiger partial charge in [0.05, 0.1) is 30.9 Å². The number of hydrogen-bond acceptors (Lipinski definition) is 5. The van der Waals surface area contributed by atoms with Crippen LogP contribution in [0.4, 0.5) is 18.9 Å². The number of aliphatic hydroxyl groups is 1. The third-order valence-electron chi connectivity index (χ3n) is 6.10. The number of benzene rings is 3. The maximum absolute atomic E-state index is 12.9. The van der Waals surface area contributed by atoms with Gasteiger partial charge in [-0.05, 0) is 47.5 Å². The van der Waals surface area contributed by atoms with Crippen LogP contribution in [0, 0.1) is 0 Å². The number of alkyl halides is 3. The Balaban J connectivity index is 1.46. The molecular weight excluding hydrogens is 489 g/mol. The summed E-state index contributed by atoms with van der Waals surface area (Å²) in [5.74, 6) is -0.308. The van der Waals surface area contributed by atoms with Gasteiger partial charge in [0.15, 0.2) is 0 Å². The number of anilines is 1. The Morgan fingerprint density at radius 1 is 1.11 bits per heavy atom. The van der Waals surface area contributed by atoms with Crippen molar-refractivity contribution in [1.29, 1.82) is 0 Å². The Hall–Kier alpha value is -3.89. The molecule has 0 saturated carbocycles. The summed E-state index contributed by atoms with van der Waals surface area (Å²) in [7, 11) is 1.48. The van der Waals surface area contributed by atoms with Gasteiger partial charge >= 0.3 is 6.18 Å². The summed E-state index contributed by atoms with van der Waals surface area (Å²) in [6, 6.07) is 17.1. The van der Waals surface area contributed by atoms with Crippen LogP contribution in [0.25, 0.3) is 0 Å². The van der Waals surface area contributed by atoms with Gasteiger partial charge in [-0.1, -0.05) is 36.4 Å². The lowest BCUT2D eigenvalue weighted by Crippen LogP contribution is -2.51. The number of amides is 2. The number of methoxy groups -OCH3 is 1. The van der Waals surface area contributed by atoms with Crippen molar-refractivity contribution < 1.29 is 37.3 Å². The largest absolute Gasteiger partial charge is 0.496 e. The molecule has 1 saturated heterocycles. The first kappa shape index (κ1) is 26.2. The third-order valence-corrected chi connectivity index (χ3v) is 6.10. The first-order valence-corrected chi connectivity index (χ1v) is 11.4. The van der Waals surface area contributed by atoms with Crippen molar-refractivity contribution >= 4 is 17.5 Å². The minimum Gasteiger partial charge on any atom is -0.496 e. The number of ether oxygens (including phenoxy) is 2. The van der Waals surface area contributed by atoms with Crippen LogP contribution >= 0.6 is 0 Å². The van der Waals surface area contributed by atoms with E-state index in [1.165, 1.54) is 24.1 Å². The Bertz CT molecular complexity index is 1250. The first-order valence-electron chi connectivity index (χ1n) is 11.4. The van der Waals surface area contributed by atoms with E-state index >= 15 is 0 Å². The van der Waals surface area contributed by atoms with Crippen LogP contribution in [0.15, 0.2) is 72.8 Å². The van der Waals surface area contributed by atoms with Crippen LogP contribution in [0.2, 0.25) is 0 Å². The molecule has 0 aliphatic carbocycles. The monoisotopic (exact) mass is 514 g/mol. The summed E-state index contributed by atoms with van der Waals surface area (Å²) in [5.41, 5.74) is 1.06. The van der Waals surface area contributed by atoms with Gasteiger partial charge < -0.3 is 24.8 Å². The van der Waals surface area contributed by atoms with E-state index in [9.17, 15) is 27.9 Å². The van der Waals surface area contributed by atoms with Crippen molar-refractivity contribution in [2.24, 2.45) is 0 Å². The van der Waals surface area contributed by atoms with Crippen LogP contribution in [0.1, 0.15) is 33.2 Å². The molecular formula is C27H25F3N2O5. The number of rotatable bonds is 7. The summed E-state index contributed by atoms with van der Waals surface area (Å²) in [6.07, 6.45) is -5.58. The molecule has 0 radical (unpaired) electrons. The molecule has 10 heteroatoms. The van der Waals surface area contributed by atoms with Gasteiger partial charge in [-0.25, -0.2) is 0 Å². The molecule has 194 valence electrons. The molecule has 3 aromatic rings. The van der Waals surface area contributed by atoms with Crippen molar-refractivity contribution in [3.05, 3.63) is 95.1 Å². The second-order valence-electron chi connectivity index (χ2n) is 8.52. The van der Waals surface area contributed by atoms with Crippen molar-refractivity contribution in [3.63, 3.8) is 0 Å². The zero-order valence-electron chi connectivity index (χ0n) is 19.9. The molecule has 0 aromatic heterocycles. The van der Waals surface area contributed by atoms with Gasteiger partial charge in [0.2, 0.25) is 5.91 Å². The Morgan fingerprint density at radius 3 is 2.43 bits per heavy atom. The standard InChI is InChI=1S/C27H25F3N2O5/c1-36-23-5-3-2-4-21(23)26(35)31-20-12-8-18(9-13-20)25(34)22-15-37-16-24(33)32(22)14-17-6-10-19(11-7-17)27(28,29)30/h2-13,22,25,34H,14-16H2,1H3,(H,31,35)/t22-,25-/m1/s1. The number of carbonyl (C=O) groups excluding carboxylic acids is 2. The van der Waals surface area contributed by atoms with E-state index in [0.29, 0.717) is 28.1 Å². The van der Waals surface area contributed by atoms with Crippen LogP contribution < -0.4 is 10.1 Å². The van der Waals surface area contributed by atoms with Gasteiger partial charge in [-0.15, -0.1) is 0 Å². The summed E-state index contributed by atoms with van der Waals surface area (Å²) < 4.78 is 49.2. The van der Waals surface area contributed by atoms with E-state index in [-0.39, 0.29) is 31.6 Å². The fourth-order valence-electron chi connectivity index (χ4n) is 4.10. The molecule has 2 N–H and O–H groups in total. The van der Waals surface area contributed by atoms with E-state index in [1.807, 2.05) is 0 Å². The van der Waals surface area contributed by atoms with Crippen LogP contribution in [-0.2, 0) is 22.3 Å². The molecule has 1 fully saturated rings. The Morgan fingerprint density at radius 2 is 1.78 bits per heavy atom. The summed E-state index contributed by atoms with van der Waals surface area (Å²) in [4.78, 5) is 26.6. The molecule has 37 heavy (non-hydrogen) atoms. The summed E-state index contributed by atoms with van der Waals surface area (Å²) in [6.45, 7) is -0.104. The fourth-order valence-corrected chi connectivity index (χ4v) is 4.10. The number of carbonyl (C=O) groups is 2. The predicted octanol–water partition coefficient (Wildman–Crippen LogP) is 4.43. The van der Waals surface area contributed by atoms with E-state index in [1.54, 1.807) is 48.5 Å². The maximum Gasteiger partial charge on any atom is 0.416 e. The van der Waals surface area contributed by atoms with Gasteiger partial charge in [-0.3, -0.25) is 9.59 Å². The van der Waals surface area contributed by atoms with Crippen molar-refractivity contribution in [2.45, 2.75) is 24.9 Å². The molecule has 2 amide bonds. The van der Waals surface area contributed by atoms with E-state index < -0.39 is 23.9 Å². The lowest BCUT2D eigenvalue weighted by Gasteiger charge is -2.38. The molecule has 0 unspecified atom stereocenters. The van der Waals surface area contributed by atoms with Gasteiger partial charge in [-0.2, -0.15) is 13.2 Å². The topological polar surface area (TPSA) is 88.1 Å². The SMILES string of the molecule is COc1ccccc1C(=O)Nc1ccc([C@@H](O)[C@H]2COCC(=O)N2Cc2ccc(C(F)(F)F)cc2)cc1. The smallest absolute Gasteiger partial charge is 0.416 e. The first-order chi connectivity index (χ1) is 17.7. The van der Waals surface area contributed by atoms with Gasteiger partial charge in [0.25, 0.3) is 5.91 Å². The molecule has 1 aliphatic heterocycles. The number of morpholine rings is 1. The zero-order valence-corrected chi connectivity index (χ0v) is 19.9. The van der Waals surface area contributed by atoms with E-state index in [0.717, 1.165) is 12.1 Å². The number of para-hydroxylation sites is 1. The molecule has 0 bridgehead atoms. The quantitative estimate of drug-likeness (QED) is 0.487. The minimum atomic E-state index is -4.45. The third kappa shape index (κ3) is 6.10.